The predicted octanol–water partition coefficient (Wildman–Crippen LogP) is 6.85. The maximum absolute atomic E-state index is 14.3. The van der Waals surface area contributed by atoms with Crippen LogP contribution in [0.3, 0.4) is 0 Å². The molecule has 1 saturated carbocycles. The zero-order valence-electron chi connectivity index (χ0n) is 23.5. The molecule has 1 amide bonds. The van der Waals surface area contributed by atoms with Crippen LogP contribution in [0.4, 0.5) is 4.39 Å². The third kappa shape index (κ3) is 6.13. The van der Waals surface area contributed by atoms with E-state index >= 15 is 0 Å². The van der Waals surface area contributed by atoms with Gasteiger partial charge >= 0.3 is 5.97 Å². The van der Waals surface area contributed by atoms with Crippen LogP contribution in [0.2, 0.25) is 0 Å². The van der Waals surface area contributed by atoms with Crippen molar-refractivity contribution in [1.29, 1.82) is 0 Å². The summed E-state index contributed by atoms with van der Waals surface area (Å²) in [6.07, 6.45) is 15.6. The zero-order valence-corrected chi connectivity index (χ0v) is 24.3. The fourth-order valence-electron chi connectivity index (χ4n) is 6.54. The third-order valence-electron chi connectivity index (χ3n) is 8.61. The second-order valence-electron chi connectivity index (χ2n) is 11.2. The molecule has 3 atom stereocenters. The van der Waals surface area contributed by atoms with Gasteiger partial charge in [-0.15, -0.1) is 11.6 Å². The van der Waals surface area contributed by atoms with Crippen molar-refractivity contribution >= 4 is 40.1 Å². The molecule has 3 aliphatic carbocycles. The number of amides is 1. The van der Waals surface area contributed by atoms with Gasteiger partial charge in [0.15, 0.2) is 11.6 Å². The summed E-state index contributed by atoms with van der Waals surface area (Å²) in [6, 6.07) is 2.95. The lowest BCUT2D eigenvalue weighted by Crippen LogP contribution is -2.42. The smallest absolute Gasteiger partial charge is 0.335 e. The van der Waals surface area contributed by atoms with Crippen LogP contribution >= 0.6 is 11.6 Å². The number of aromatic nitrogens is 2. The number of hydrogen-bond donors (Lipinski definition) is 3. The van der Waals surface area contributed by atoms with E-state index < -0.39 is 23.1 Å². The molecule has 0 aliphatic heterocycles. The monoisotopic (exact) mass is 581 g/mol. The number of carboxylic acid groups (broad SMARTS) is 1. The molecule has 9 heteroatoms. The van der Waals surface area contributed by atoms with E-state index in [1.54, 1.807) is 0 Å². The minimum Gasteiger partial charge on any atom is -0.494 e. The first-order valence-corrected chi connectivity index (χ1v) is 15.0. The van der Waals surface area contributed by atoms with Gasteiger partial charge in [0.1, 0.15) is 5.82 Å². The lowest BCUT2D eigenvalue weighted by Gasteiger charge is -2.32. The van der Waals surface area contributed by atoms with Gasteiger partial charge in [-0.05, 0) is 49.7 Å². The van der Waals surface area contributed by atoms with Gasteiger partial charge < -0.3 is 20.1 Å². The quantitative estimate of drug-likeness (QED) is 0.281. The Labute approximate surface area is 244 Å². The second kappa shape index (κ2) is 12.6. The highest BCUT2D eigenvalue weighted by Crippen LogP contribution is 2.43. The average molecular weight is 582 g/mol. The molecule has 218 valence electrons. The fraction of sp³-hybridized carbons (Fsp3) is 0.469. The van der Waals surface area contributed by atoms with Crippen molar-refractivity contribution in [3.63, 3.8) is 0 Å². The highest BCUT2D eigenvalue weighted by molar-refractivity contribution is 6.23. The van der Waals surface area contributed by atoms with Crippen LogP contribution < -0.4 is 10.1 Å². The molecule has 3 aliphatic rings. The minimum absolute atomic E-state index is 0.0867. The van der Waals surface area contributed by atoms with Crippen LogP contribution in [0, 0.1) is 17.7 Å². The fourth-order valence-corrected chi connectivity index (χ4v) is 6.91. The van der Waals surface area contributed by atoms with Crippen LogP contribution in [0.25, 0.3) is 16.6 Å². The molecule has 1 fully saturated rings. The molecule has 0 spiro atoms. The molecule has 1 aromatic carbocycles. The van der Waals surface area contributed by atoms with E-state index in [0.717, 1.165) is 25.7 Å². The Morgan fingerprint density at radius 1 is 1.24 bits per heavy atom. The van der Waals surface area contributed by atoms with E-state index in [9.17, 15) is 19.1 Å². The zero-order chi connectivity index (χ0) is 29.1. The molecule has 7 nitrogen and oxygen atoms in total. The molecule has 41 heavy (non-hydrogen) atoms. The first kappa shape index (κ1) is 29.1. The van der Waals surface area contributed by atoms with Gasteiger partial charge in [0, 0.05) is 35.2 Å². The maximum Gasteiger partial charge on any atom is 0.335 e. The van der Waals surface area contributed by atoms with Crippen molar-refractivity contribution in [3.8, 4) is 5.75 Å². The van der Waals surface area contributed by atoms with Gasteiger partial charge in [-0.3, -0.25) is 4.79 Å². The van der Waals surface area contributed by atoms with E-state index in [0.29, 0.717) is 52.3 Å². The molecule has 0 bridgehead atoms. The highest BCUT2D eigenvalue weighted by atomic mass is 35.5. The van der Waals surface area contributed by atoms with Gasteiger partial charge in [0.2, 0.25) is 5.91 Å². The Morgan fingerprint density at radius 3 is 2.73 bits per heavy atom. The number of carbonyl (C=O) groups is 2. The number of aliphatic carboxylic acids is 1. The number of benzene rings is 1. The molecule has 0 radical (unpaired) electrons. The van der Waals surface area contributed by atoms with Crippen LogP contribution in [0.1, 0.15) is 70.5 Å². The van der Waals surface area contributed by atoms with Crippen molar-refractivity contribution in [2.45, 2.75) is 76.1 Å². The number of H-pyrrole nitrogens is 1. The minimum atomic E-state index is -1.10. The van der Waals surface area contributed by atoms with Gasteiger partial charge in [-0.2, -0.15) is 0 Å². The van der Waals surface area contributed by atoms with Crippen molar-refractivity contribution in [3.05, 3.63) is 64.8 Å². The summed E-state index contributed by atoms with van der Waals surface area (Å²) in [5.41, 5.74) is 2.94. The number of fused-ring (bicyclic) bond motifs is 1. The lowest BCUT2D eigenvalue weighted by atomic mass is 9.77. The number of carboxylic acids is 1. The first-order chi connectivity index (χ1) is 19.8. The molecule has 5 rings (SSSR count). The van der Waals surface area contributed by atoms with Gasteiger partial charge in [0.25, 0.3) is 0 Å². The van der Waals surface area contributed by atoms with E-state index in [1.165, 1.54) is 44.6 Å². The summed E-state index contributed by atoms with van der Waals surface area (Å²) in [6.45, 7) is 2.13. The molecular formula is C32H37ClFN3O4. The number of allylic oxidation sites excluding steroid dienone is 5. The summed E-state index contributed by atoms with van der Waals surface area (Å²) in [7, 11) is 1.39. The van der Waals surface area contributed by atoms with Crippen molar-refractivity contribution in [1.82, 2.24) is 15.3 Å². The number of nitrogens with zero attached hydrogens (tertiary/aromatic N) is 1. The number of carbonyl (C=O) groups excluding carboxylic acids is 1. The summed E-state index contributed by atoms with van der Waals surface area (Å²) in [4.78, 5) is 33.8. The number of rotatable bonds is 9. The Morgan fingerprint density at radius 2 is 2.02 bits per heavy atom. The normalized spacial score (nSPS) is 22.3. The second-order valence-corrected chi connectivity index (χ2v) is 11.7. The SMILES string of the molecule is CCCC(NC(=O)C1=CC(C(=O)O)=C(C2C(c3nc4cc(OC)c(F)cc4[nH]3)=CC=C[C@@H]2Cl)CC1)C1CCCCC1. The topological polar surface area (TPSA) is 104 Å². The van der Waals surface area contributed by atoms with Gasteiger partial charge in [-0.25, -0.2) is 14.2 Å². The lowest BCUT2D eigenvalue weighted by molar-refractivity contribution is -0.132. The Bertz CT molecular complexity index is 1450. The van der Waals surface area contributed by atoms with Gasteiger partial charge in [-0.1, -0.05) is 50.8 Å². The Hall–Kier alpha value is -3.39. The number of halogens is 2. The van der Waals surface area contributed by atoms with E-state index in [1.807, 2.05) is 18.2 Å². The molecule has 1 aromatic heterocycles. The number of nitrogens with one attached hydrogen (secondary N) is 2. The summed E-state index contributed by atoms with van der Waals surface area (Å²) in [5, 5.41) is 13.0. The summed E-state index contributed by atoms with van der Waals surface area (Å²) >= 11 is 6.81. The molecule has 3 N–H and O–H groups in total. The van der Waals surface area contributed by atoms with Crippen molar-refractivity contribution in [2.75, 3.05) is 7.11 Å². The Balaban J connectivity index is 1.46. The number of alkyl halides is 1. The summed E-state index contributed by atoms with van der Waals surface area (Å²) in [5.74, 6) is -1.24. The number of hydrogen-bond acceptors (Lipinski definition) is 4. The number of ether oxygens (including phenoxy) is 1. The molecule has 2 unspecified atom stereocenters. The average Bonchev–Trinajstić information content (AvgIpc) is 3.39. The largest absolute Gasteiger partial charge is 0.494 e. The predicted molar refractivity (Wildman–Crippen MR) is 158 cm³/mol. The number of imidazole rings is 1. The van der Waals surface area contributed by atoms with Crippen molar-refractivity contribution in [2.24, 2.45) is 11.8 Å². The first-order valence-electron chi connectivity index (χ1n) is 14.5. The van der Waals surface area contributed by atoms with Crippen LogP contribution in [-0.4, -0.2) is 45.5 Å². The summed E-state index contributed by atoms with van der Waals surface area (Å²) < 4.78 is 19.4. The standard InChI is InChI=1S/C32H37ClFN3O4/c1-3-8-25(18-9-5-4-6-10-18)37-31(38)19-13-14-20(22(15-19)32(39)40)29-21(11-7-12-23(29)33)30-35-26-16-24(34)28(41-2)17-27(26)36-30/h7,11-12,15-18,23,25,29H,3-6,8-10,13-14H2,1-2H3,(H,35,36)(H,37,38)(H,39,40)/t23-,25?,29?/m0/s1. The highest BCUT2D eigenvalue weighted by Gasteiger charge is 2.35. The Kier molecular flexibility index (Phi) is 8.97. The van der Waals surface area contributed by atoms with E-state index in [-0.39, 0.29) is 23.3 Å². The van der Waals surface area contributed by atoms with Crippen LogP contribution in [0.15, 0.2) is 53.2 Å². The van der Waals surface area contributed by atoms with Crippen LogP contribution in [-0.2, 0) is 9.59 Å². The number of methoxy groups -OCH3 is 1. The van der Waals surface area contributed by atoms with Crippen molar-refractivity contribution < 1.29 is 23.8 Å². The van der Waals surface area contributed by atoms with E-state index in [2.05, 4.69) is 22.2 Å². The third-order valence-corrected chi connectivity index (χ3v) is 9.01. The van der Waals surface area contributed by atoms with Crippen LogP contribution in [0.5, 0.6) is 5.75 Å². The number of aromatic amines is 1. The van der Waals surface area contributed by atoms with Gasteiger partial charge in [0.05, 0.1) is 29.1 Å². The molecule has 1 heterocycles. The molecular weight excluding hydrogens is 545 g/mol. The molecule has 0 saturated heterocycles. The maximum atomic E-state index is 14.3. The molecule has 2 aromatic rings. The van der Waals surface area contributed by atoms with E-state index in [4.69, 9.17) is 16.3 Å².